The number of benzene rings is 1. The van der Waals surface area contributed by atoms with Gasteiger partial charge in [-0.05, 0) is 24.1 Å². The van der Waals surface area contributed by atoms with Gasteiger partial charge in [0.15, 0.2) is 0 Å². The SMILES string of the molecule is CC(=O)Nc1ccc(CN2CCC(Nc3cc(N(C)C)ncn3)C2)cc1. The summed E-state index contributed by atoms with van der Waals surface area (Å²) in [5.41, 5.74) is 2.08. The summed E-state index contributed by atoms with van der Waals surface area (Å²) in [6, 6.07) is 10.4. The maximum absolute atomic E-state index is 11.1. The third kappa shape index (κ3) is 4.92. The molecule has 1 aliphatic rings. The summed E-state index contributed by atoms with van der Waals surface area (Å²) in [6.07, 6.45) is 2.69. The third-order valence-electron chi connectivity index (χ3n) is 4.42. The molecule has 1 atom stereocenters. The topological polar surface area (TPSA) is 73.4 Å². The largest absolute Gasteiger partial charge is 0.366 e. The Bertz CT molecular complexity index is 746. The van der Waals surface area contributed by atoms with Crippen LogP contribution >= 0.6 is 0 Å². The van der Waals surface area contributed by atoms with E-state index in [0.29, 0.717) is 6.04 Å². The highest BCUT2D eigenvalue weighted by Crippen LogP contribution is 2.19. The molecule has 0 saturated carbocycles. The average Bonchev–Trinajstić information content (AvgIpc) is 3.03. The fourth-order valence-corrected chi connectivity index (χ4v) is 3.13. The number of amides is 1. The molecule has 1 aliphatic heterocycles. The van der Waals surface area contributed by atoms with Crippen LogP contribution in [0.3, 0.4) is 0 Å². The standard InChI is InChI=1S/C19H26N6O/c1-14(26)22-16-6-4-15(5-7-16)11-25-9-8-17(12-25)23-18-10-19(24(2)3)21-13-20-18/h4-7,10,13,17H,8-9,11-12H2,1-3H3,(H,22,26)(H,20,21,23). The second kappa shape index (κ2) is 8.14. The average molecular weight is 354 g/mol. The van der Waals surface area contributed by atoms with E-state index in [2.05, 4.69) is 37.6 Å². The first kappa shape index (κ1) is 18.1. The van der Waals surface area contributed by atoms with E-state index in [0.717, 1.165) is 43.4 Å². The lowest BCUT2D eigenvalue weighted by molar-refractivity contribution is -0.114. The number of likely N-dealkylation sites (tertiary alicyclic amines) is 1. The van der Waals surface area contributed by atoms with Crippen molar-refractivity contribution < 1.29 is 4.79 Å². The first-order valence-corrected chi connectivity index (χ1v) is 8.84. The molecule has 1 fully saturated rings. The van der Waals surface area contributed by atoms with Crippen molar-refractivity contribution >= 4 is 23.2 Å². The highest BCUT2D eigenvalue weighted by Gasteiger charge is 2.22. The molecule has 2 N–H and O–H groups in total. The Hall–Kier alpha value is -2.67. The zero-order chi connectivity index (χ0) is 18.5. The number of nitrogens with zero attached hydrogens (tertiary/aromatic N) is 4. The lowest BCUT2D eigenvalue weighted by Gasteiger charge is -2.18. The minimum atomic E-state index is -0.0478. The fourth-order valence-electron chi connectivity index (χ4n) is 3.13. The van der Waals surface area contributed by atoms with Crippen LogP contribution in [0.1, 0.15) is 18.9 Å². The molecular weight excluding hydrogens is 328 g/mol. The van der Waals surface area contributed by atoms with Crippen molar-refractivity contribution in [3.05, 3.63) is 42.2 Å². The normalized spacial score (nSPS) is 17.1. The van der Waals surface area contributed by atoms with Gasteiger partial charge in [0.05, 0.1) is 0 Å². The van der Waals surface area contributed by atoms with Crippen molar-refractivity contribution in [1.29, 1.82) is 0 Å². The smallest absolute Gasteiger partial charge is 0.221 e. The van der Waals surface area contributed by atoms with Crippen LogP contribution in [0, 0.1) is 0 Å². The Morgan fingerprint density at radius 3 is 2.73 bits per heavy atom. The highest BCUT2D eigenvalue weighted by atomic mass is 16.1. The second-order valence-corrected chi connectivity index (χ2v) is 6.90. The summed E-state index contributed by atoms with van der Waals surface area (Å²) in [4.78, 5) is 24.1. The van der Waals surface area contributed by atoms with Gasteiger partial charge in [-0.1, -0.05) is 12.1 Å². The molecule has 0 spiro atoms. The lowest BCUT2D eigenvalue weighted by Crippen LogP contribution is -2.26. The number of aromatic nitrogens is 2. The summed E-state index contributed by atoms with van der Waals surface area (Å²) in [6.45, 7) is 4.46. The first-order valence-electron chi connectivity index (χ1n) is 8.84. The van der Waals surface area contributed by atoms with Gasteiger partial charge in [-0.3, -0.25) is 9.69 Å². The fraction of sp³-hybridized carbons (Fsp3) is 0.421. The van der Waals surface area contributed by atoms with E-state index in [4.69, 9.17) is 0 Å². The van der Waals surface area contributed by atoms with Gasteiger partial charge in [0.2, 0.25) is 5.91 Å². The van der Waals surface area contributed by atoms with Crippen LogP contribution < -0.4 is 15.5 Å². The van der Waals surface area contributed by atoms with Crippen molar-refractivity contribution in [2.24, 2.45) is 0 Å². The van der Waals surface area contributed by atoms with Gasteiger partial charge in [0.25, 0.3) is 0 Å². The predicted molar refractivity (Wildman–Crippen MR) is 104 cm³/mol. The summed E-state index contributed by atoms with van der Waals surface area (Å²) in [7, 11) is 3.95. The molecule has 7 heteroatoms. The third-order valence-corrected chi connectivity index (χ3v) is 4.42. The quantitative estimate of drug-likeness (QED) is 0.828. The van der Waals surface area contributed by atoms with Crippen LogP contribution in [0.2, 0.25) is 0 Å². The van der Waals surface area contributed by atoms with Gasteiger partial charge in [0.1, 0.15) is 18.0 Å². The first-order chi connectivity index (χ1) is 12.5. The van der Waals surface area contributed by atoms with Crippen molar-refractivity contribution in [3.8, 4) is 0 Å². The van der Waals surface area contributed by atoms with Crippen molar-refractivity contribution in [1.82, 2.24) is 14.9 Å². The predicted octanol–water partition coefficient (Wildman–Crippen LogP) is 2.19. The summed E-state index contributed by atoms with van der Waals surface area (Å²) in [5.74, 6) is 1.72. The Morgan fingerprint density at radius 2 is 2.04 bits per heavy atom. The molecule has 7 nitrogen and oxygen atoms in total. The van der Waals surface area contributed by atoms with Gasteiger partial charge >= 0.3 is 0 Å². The van der Waals surface area contributed by atoms with Crippen molar-refractivity contribution in [2.45, 2.75) is 25.9 Å². The second-order valence-electron chi connectivity index (χ2n) is 6.90. The molecule has 1 amide bonds. The van der Waals surface area contributed by atoms with E-state index in [-0.39, 0.29) is 5.91 Å². The van der Waals surface area contributed by atoms with Crippen LogP contribution in [0.5, 0.6) is 0 Å². The lowest BCUT2D eigenvalue weighted by atomic mass is 10.2. The Labute approximate surface area is 154 Å². The number of hydrogen-bond acceptors (Lipinski definition) is 6. The zero-order valence-electron chi connectivity index (χ0n) is 15.6. The Balaban J connectivity index is 1.52. The van der Waals surface area contributed by atoms with Crippen LogP contribution in [-0.4, -0.2) is 54.0 Å². The molecule has 26 heavy (non-hydrogen) atoms. The maximum atomic E-state index is 11.1. The molecule has 1 saturated heterocycles. The molecule has 1 aromatic heterocycles. The molecule has 1 aromatic carbocycles. The van der Waals surface area contributed by atoms with Crippen LogP contribution in [-0.2, 0) is 11.3 Å². The van der Waals surface area contributed by atoms with Crippen molar-refractivity contribution in [3.63, 3.8) is 0 Å². The number of hydrogen-bond donors (Lipinski definition) is 2. The number of anilines is 3. The molecule has 0 aliphatic carbocycles. The molecule has 3 rings (SSSR count). The molecule has 2 heterocycles. The molecular formula is C19H26N6O. The van der Waals surface area contributed by atoms with E-state index in [1.807, 2.05) is 37.2 Å². The molecule has 1 unspecified atom stereocenters. The Morgan fingerprint density at radius 1 is 1.27 bits per heavy atom. The Kier molecular flexibility index (Phi) is 5.68. The van der Waals surface area contributed by atoms with Gasteiger partial charge in [-0.2, -0.15) is 0 Å². The number of rotatable bonds is 6. The van der Waals surface area contributed by atoms with Gasteiger partial charge in [0, 0.05) is 58.4 Å². The van der Waals surface area contributed by atoms with Crippen LogP contribution in [0.15, 0.2) is 36.7 Å². The minimum absolute atomic E-state index is 0.0478. The molecule has 0 radical (unpaired) electrons. The minimum Gasteiger partial charge on any atom is -0.366 e. The van der Waals surface area contributed by atoms with E-state index in [9.17, 15) is 4.79 Å². The van der Waals surface area contributed by atoms with E-state index in [1.165, 1.54) is 12.5 Å². The number of nitrogens with one attached hydrogen (secondary N) is 2. The monoisotopic (exact) mass is 354 g/mol. The number of carbonyl (C=O) groups excluding carboxylic acids is 1. The molecule has 138 valence electrons. The van der Waals surface area contributed by atoms with Gasteiger partial charge < -0.3 is 15.5 Å². The molecule has 2 aromatic rings. The van der Waals surface area contributed by atoms with Gasteiger partial charge in [-0.15, -0.1) is 0 Å². The van der Waals surface area contributed by atoms with E-state index >= 15 is 0 Å². The van der Waals surface area contributed by atoms with E-state index < -0.39 is 0 Å². The zero-order valence-corrected chi connectivity index (χ0v) is 15.6. The van der Waals surface area contributed by atoms with Crippen molar-refractivity contribution in [2.75, 3.05) is 42.7 Å². The summed E-state index contributed by atoms with van der Waals surface area (Å²) < 4.78 is 0. The van der Waals surface area contributed by atoms with Crippen LogP contribution in [0.4, 0.5) is 17.3 Å². The van der Waals surface area contributed by atoms with E-state index in [1.54, 1.807) is 6.33 Å². The summed E-state index contributed by atoms with van der Waals surface area (Å²) >= 11 is 0. The summed E-state index contributed by atoms with van der Waals surface area (Å²) in [5, 5.41) is 6.31. The highest BCUT2D eigenvalue weighted by molar-refractivity contribution is 5.88. The molecule has 0 bridgehead atoms. The maximum Gasteiger partial charge on any atom is 0.221 e. The van der Waals surface area contributed by atoms with Crippen LogP contribution in [0.25, 0.3) is 0 Å². The number of carbonyl (C=O) groups is 1. The van der Waals surface area contributed by atoms with Gasteiger partial charge in [-0.25, -0.2) is 9.97 Å².